The first-order valence-corrected chi connectivity index (χ1v) is 13.2. The molecule has 12 nitrogen and oxygen atoms in total. The smallest absolute Gasteiger partial charge is 0.358 e. The van der Waals surface area contributed by atoms with E-state index in [2.05, 4.69) is 10.7 Å². The Kier molecular flexibility index (Phi) is 7.96. The van der Waals surface area contributed by atoms with Gasteiger partial charge in [-0.15, -0.1) is 0 Å². The molecule has 0 radical (unpaired) electrons. The van der Waals surface area contributed by atoms with E-state index in [0.717, 1.165) is 21.1 Å². The van der Waals surface area contributed by atoms with Gasteiger partial charge in [-0.25, -0.2) is 19.8 Å². The Labute approximate surface area is 231 Å². The maximum Gasteiger partial charge on any atom is 0.358 e. The number of hydrogen-bond donors (Lipinski definition) is 2. The molecule has 0 aromatic heterocycles. The van der Waals surface area contributed by atoms with Crippen LogP contribution in [-0.4, -0.2) is 76.2 Å². The molecule has 0 aliphatic carbocycles. The lowest BCUT2D eigenvalue weighted by Gasteiger charge is -2.43. The number of carbonyl (C=O) groups is 5. The lowest BCUT2D eigenvalue weighted by atomic mass is 10.1. The maximum absolute atomic E-state index is 13.6. The van der Waals surface area contributed by atoms with Crippen molar-refractivity contribution in [1.29, 1.82) is 0 Å². The largest absolute Gasteiger partial charge is 0.433 e. The number of benzene rings is 2. The lowest BCUT2D eigenvalue weighted by molar-refractivity contribution is -0.169. The zero-order valence-corrected chi connectivity index (χ0v) is 22.1. The quantitative estimate of drug-likeness (QED) is 0.501. The second-order valence-corrected chi connectivity index (χ2v) is 9.98. The molecule has 0 bridgehead atoms. The number of nitrogens with one attached hydrogen (secondary N) is 2. The van der Waals surface area contributed by atoms with Gasteiger partial charge in [-0.2, -0.15) is 0 Å². The molecule has 1 unspecified atom stereocenters. The van der Waals surface area contributed by atoms with E-state index in [1.165, 1.54) is 5.01 Å². The number of urea groups is 1. The third-order valence-corrected chi connectivity index (χ3v) is 7.07. The van der Waals surface area contributed by atoms with Gasteiger partial charge in [-0.3, -0.25) is 24.6 Å². The topological polar surface area (TPSA) is 138 Å². The molecule has 5 amide bonds. The summed E-state index contributed by atoms with van der Waals surface area (Å²) in [7, 11) is 0. The molecule has 3 heterocycles. The Balaban J connectivity index is 1.28. The van der Waals surface area contributed by atoms with Gasteiger partial charge in [0.25, 0.3) is 5.91 Å². The van der Waals surface area contributed by atoms with E-state index in [1.807, 2.05) is 31.2 Å². The maximum atomic E-state index is 13.6. The van der Waals surface area contributed by atoms with Gasteiger partial charge >= 0.3 is 12.0 Å². The molecule has 3 aliphatic rings. The minimum Gasteiger partial charge on any atom is -0.433 e. The van der Waals surface area contributed by atoms with Crippen molar-refractivity contribution in [3.05, 3.63) is 71.3 Å². The van der Waals surface area contributed by atoms with Crippen molar-refractivity contribution in [3.8, 4) is 0 Å². The number of ether oxygens (including phenoxy) is 2. The zero-order chi connectivity index (χ0) is 28.2. The molecule has 3 aliphatic heterocycles. The standard InChI is InChI=1S/C28H31N5O7/c1-18-9-11-19(12-10-18)17-39-27-21(16-24(35)40-27)29-26(37)22-8-5-14-32-23(34)13-15-31(28(38)33(22)32)30-25(36)20-6-3-2-4-7-20/h2-4,6-7,9-12,21-22,27H,5,8,13-17H2,1H3,(H,29,37)(H,30,36)/t21-,22-,27?/m0/s1. The van der Waals surface area contributed by atoms with Crippen molar-refractivity contribution >= 4 is 29.7 Å². The number of amides is 5. The van der Waals surface area contributed by atoms with Crippen LogP contribution in [-0.2, 0) is 30.5 Å². The van der Waals surface area contributed by atoms with Crippen LogP contribution >= 0.6 is 0 Å². The summed E-state index contributed by atoms with van der Waals surface area (Å²) in [5, 5.41) is 6.24. The molecule has 3 atom stereocenters. The van der Waals surface area contributed by atoms with E-state index in [4.69, 9.17) is 9.47 Å². The summed E-state index contributed by atoms with van der Waals surface area (Å²) in [6.07, 6.45) is -0.325. The van der Waals surface area contributed by atoms with E-state index in [-0.39, 0.29) is 44.9 Å². The highest BCUT2D eigenvalue weighted by molar-refractivity contribution is 5.96. The van der Waals surface area contributed by atoms with E-state index < -0.39 is 42.2 Å². The molecule has 0 spiro atoms. The molecule has 2 aromatic carbocycles. The molecule has 210 valence electrons. The van der Waals surface area contributed by atoms with Crippen molar-refractivity contribution in [3.63, 3.8) is 0 Å². The summed E-state index contributed by atoms with van der Waals surface area (Å²) >= 11 is 0. The Morgan fingerprint density at radius 1 is 1.02 bits per heavy atom. The van der Waals surface area contributed by atoms with Gasteiger partial charge in [0.05, 0.1) is 19.6 Å². The van der Waals surface area contributed by atoms with Crippen molar-refractivity contribution in [1.82, 2.24) is 25.8 Å². The molecule has 3 fully saturated rings. The molecule has 40 heavy (non-hydrogen) atoms. The SMILES string of the molecule is Cc1ccc(COC2OC(=O)C[C@@H]2NC(=O)[C@@H]2CCCN3C(=O)CCN(NC(=O)c4ccccc4)C(=O)N23)cc1. The first kappa shape index (κ1) is 27.1. The molecule has 12 heteroatoms. The van der Waals surface area contributed by atoms with Gasteiger partial charge in [0.2, 0.25) is 18.1 Å². The molecular weight excluding hydrogens is 518 g/mol. The number of rotatable bonds is 7. The summed E-state index contributed by atoms with van der Waals surface area (Å²) in [5.74, 6) is -1.90. The highest BCUT2D eigenvalue weighted by atomic mass is 16.7. The minimum atomic E-state index is -1.03. The van der Waals surface area contributed by atoms with E-state index >= 15 is 0 Å². The first-order valence-electron chi connectivity index (χ1n) is 13.2. The molecule has 5 rings (SSSR count). The average Bonchev–Trinajstić information content (AvgIpc) is 3.26. The van der Waals surface area contributed by atoms with Crippen molar-refractivity contribution in [2.75, 3.05) is 13.1 Å². The average molecular weight is 550 g/mol. The number of hydrogen-bond acceptors (Lipinski definition) is 7. The van der Waals surface area contributed by atoms with E-state index in [9.17, 15) is 24.0 Å². The van der Waals surface area contributed by atoms with Gasteiger partial charge in [0, 0.05) is 18.5 Å². The van der Waals surface area contributed by atoms with Crippen molar-refractivity contribution in [2.45, 2.75) is 57.6 Å². The summed E-state index contributed by atoms with van der Waals surface area (Å²) in [6, 6.07) is 13.6. The summed E-state index contributed by atoms with van der Waals surface area (Å²) in [4.78, 5) is 64.9. The number of carbonyl (C=O) groups excluding carboxylic acids is 5. The fourth-order valence-electron chi connectivity index (χ4n) is 4.94. The Bertz CT molecular complexity index is 1290. The molecule has 0 saturated carbocycles. The summed E-state index contributed by atoms with van der Waals surface area (Å²) in [5.41, 5.74) is 4.90. The predicted octanol–water partition coefficient (Wildman–Crippen LogP) is 1.65. The third kappa shape index (κ3) is 5.91. The fourth-order valence-corrected chi connectivity index (χ4v) is 4.94. The van der Waals surface area contributed by atoms with Crippen LogP contribution < -0.4 is 10.7 Å². The van der Waals surface area contributed by atoms with E-state index in [1.54, 1.807) is 30.3 Å². The number of nitrogens with zero attached hydrogens (tertiary/aromatic N) is 3. The second-order valence-electron chi connectivity index (χ2n) is 9.98. The normalized spacial score (nSPS) is 22.9. The lowest BCUT2D eigenvalue weighted by Crippen LogP contribution is -2.65. The highest BCUT2D eigenvalue weighted by Gasteiger charge is 2.46. The number of fused-ring (bicyclic) bond motifs is 1. The van der Waals surface area contributed by atoms with Crippen LogP contribution in [0, 0.1) is 6.92 Å². The second kappa shape index (κ2) is 11.7. The van der Waals surface area contributed by atoms with Crippen LogP contribution in [0.25, 0.3) is 0 Å². The van der Waals surface area contributed by atoms with Crippen molar-refractivity contribution < 1.29 is 33.4 Å². The molecule has 2 aromatic rings. The van der Waals surface area contributed by atoms with Crippen LogP contribution in [0.4, 0.5) is 4.79 Å². The van der Waals surface area contributed by atoms with Gasteiger partial charge in [-0.05, 0) is 37.5 Å². The molecule has 2 N–H and O–H groups in total. The fraction of sp³-hybridized carbons (Fsp3) is 0.393. The Hall–Kier alpha value is -4.45. The monoisotopic (exact) mass is 549 g/mol. The van der Waals surface area contributed by atoms with Crippen LogP contribution in [0.5, 0.6) is 0 Å². The molecular formula is C28H31N5O7. The Morgan fingerprint density at radius 3 is 2.52 bits per heavy atom. The van der Waals surface area contributed by atoms with Crippen LogP contribution in [0.3, 0.4) is 0 Å². The number of aryl methyl sites for hydroxylation is 1. The predicted molar refractivity (Wildman–Crippen MR) is 140 cm³/mol. The minimum absolute atomic E-state index is 0.0223. The summed E-state index contributed by atoms with van der Waals surface area (Å²) < 4.78 is 11.1. The number of hydrazine groups is 2. The van der Waals surface area contributed by atoms with Gasteiger partial charge in [0.1, 0.15) is 12.1 Å². The number of cyclic esters (lactones) is 1. The summed E-state index contributed by atoms with van der Waals surface area (Å²) in [6.45, 7) is 2.37. The van der Waals surface area contributed by atoms with Gasteiger partial charge in [0.15, 0.2) is 0 Å². The first-order chi connectivity index (χ1) is 19.3. The zero-order valence-electron chi connectivity index (χ0n) is 22.1. The van der Waals surface area contributed by atoms with Crippen molar-refractivity contribution in [2.24, 2.45) is 0 Å². The van der Waals surface area contributed by atoms with Gasteiger partial charge in [-0.1, -0.05) is 48.0 Å². The van der Waals surface area contributed by atoms with Crippen LogP contribution in [0.1, 0.15) is 47.2 Å². The van der Waals surface area contributed by atoms with Crippen LogP contribution in [0.2, 0.25) is 0 Å². The number of esters is 1. The molecule has 3 saturated heterocycles. The van der Waals surface area contributed by atoms with Gasteiger partial charge < -0.3 is 14.8 Å². The third-order valence-electron chi connectivity index (χ3n) is 7.07. The highest BCUT2D eigenvalue weighted by Crippen LogP contribution is 2.25. The van der Waals surface area contributed by atoms with Crippen LogP contribution in [0.15, 0.2) is 54.6 Å². The van der Waals surface area contributed by atoms with E-state index in [0.29, 0.717) is 12.0 Å². The Morgan fingerprint density at radius 2 is 1.77 bits per heavy atom.